The summed E-state index contributed by atoms with van der Waals surface area (Å²) in [6.45, 7) is 16.0. The van der Waals surface area contributed by atoms with E-state index in [1.54, 1.807) is 12.2 Å². The minimum Gasteiger partial charge on any atom is -0.366 e. The fourth-order valence-corrected chi connectivity index (χ4v) is 5.43. The van der Waals surface area contributed by atoms with Gasteiger partial charge in [0.1, 0.15) is 12.3 Å². The van der Waals surface area contributed by atoms with E-state index in [-0.39, 0.29) is 18.4 Å². The van der Waals surface area contributed by atoms with E-state index in [0.29, 0.717) is 0 Å². The summed E-state index contributed by atoms with van der Waals surface area (Å²) in [5.74, 6) is 0. The fourth-order valence-electron chi connectivity index (χ4n) is 5.43. The molecule has 3 N–H and O–H groups in total. The standard InChI is InChI=1S/C37H42N4/c1-7-10-17-27(4)41(6)37(38-5)33-21-15-14-20-32(33)29-22-24-31(25-23-29)36-39-34(28(9-3)16-8-2)26-35(40-36)30-18-12-11-13-19-30/h7-22,24,26,35-40H,1-4,23,25H2,5-6H3/b17-10-,28-16+. The maximum atomic E-state index is 4.25. The Bertz CT molecular complexity index is 1420. The molecule has 0 saturated heterocycles. The molecule has 0 amide bonds. The van der Waals surface area contributed by atoms with Crippen molar-refractivity contribution in [1.29, 1.82) is 0 Å². The Morgan fingerprint density at radius 1 is 1.00 bits per heavy atom. The Morgan fingerprint density at radius 3 is 2.41 bits per heavy atom. The first-order chi connectivity index (χ1) is 20.0. The summed E-state index contributed by atoms with van der Waals surface area (Å²) in [7, 11) is 4.05. The van der Waals surface area contributed by atoms with Crippen molar-refractivity contribution in [3.05, 3.63) is 175 Å². The van der Waals surface area contributed by atoms with Crippen LogP contribution in [0.4, 0.5) is 0 Å². The van der Waals surface area contributed by atoms with E-state index >= 15 is 0 Å². The number of nitrogens with one attached hydrogen (secondary N) is 3. The maximum Gasteiger partial charge on any atom is 0.106 e. The third kappa shape index (κ3) is 7.04. The van der Waals surface area contributed by atoms with Gasteiger partial charge in [0, 0.05) is 18.4 Å². The number of likely N-dealkylation sites (N-methyl/N-ethyl adjacent to an activating group) is 1. The van der Waals surface area contributed by atoms with Gasteiger partial charge in [0.2, 0.25) is 0 Å². The zero-order chi connectivity index (χ0) is 29.2. The zero-order valence-corrected chi connectivity index (χ0v) is 24.3. The van der Waals surface area contributed by atoms with Gasteiger partial charge in [-0.15, -0.1) is 0 Å². The highest BCUT2D eigenvalue weighted by Gasteiger charge is 2.27. The molecule has 41 heavy (non-hydrogen) atoms. The van der Waals surface area contributed by atoms with Crippen LogP contribution in [0.3, 0.4) is 0 Å². The minimum absolute atomic E-state index is 0.00224. The Kier molecular flexibility index (Phi) is 10.3. The molecule has 210 valence electrons. The lowest BCUT2D eigenvalue weighted by Gasteiger charge is -2.36. The summed E-state index contributed by atoms with van der Waals surface area (Å²) < 4.78 is 0. The SMILES string of the molecule is C=C/C=C\C(=C)N(C)C(NC)c1ccccc1C1=CC=C(C2NC(/C(C=C)=C/C=C)=CC(c3ccccc3)N2)CC1. The van der Waals surface area contributed by atoms with Crippen molar-refractivity contribution in [3.63, 3.8) is 0 Å². The Hall–Kier alpha value is -4.38. The summed E-state index contributed by atoms with van der Waals surface area (Å²) in [4.78, 5) is 2.16. The van der Waals surface area contributed by atoms with Crippen molar-refractivity contribution in [2.45, 2.75) is 31.2 Å². The van der Waals surface area contributed by atoms with Crippen molar-refractivity contribution in [1.82, 2.24) is 20.9 Å². The second-order valence-corrected chi connectivity index (χ2v) is 10.2. The molecule has 3 atom stereocenters. The van der Waals surface area contributed by atoms with Gasteiger partial charge in [0.15, 0.2) is 0 Å². The molecule has 1 aliphatic carbocycles. The minimum atomic E-state index is -0.0191. The third-order valence-electron chi connectivity index (χ3n) is 7.66. The number of benzene rings is 2. The lowest BCUT2D eigenvalue weighted by Crippen LogP contribution is -2.48. The summed E-state index contributed by atoms with van der Waals surface area (Å²) in [6.07, 6.45) is 20.0. The molecule has 0 fully saturated rings. The fraction of sp³-hybridized carbons (Fsp3) is 0.189. The van der Waals surface area contributed by atoms with Crippen LogP contribution in [0.15, 0.2) is 158 Å². The van der Waals surface area contributed by atoms with Crippen LogP contribution in [-0.4, -0.2) is 25.2 Å². The monoisotopic (exact) mass is 542 g/mol. The van der Waals surface area contributed by atoms with Gasteiger partial charge >= 0.3 is 0 Å². The van der Waals surface area contributed by atoms with Crippen molar-refractivity contribution < 1.29 is 0 Å². The topological polar surface area (TPSA) is 39.3 Å². The van der Waals surface area contributed by atoms with Crippen LogP contribution in [0.5, 0.6) is 0 Å². The quantitative estimate of drug-likeness (QED) is 0.190. The number of rotatable bonds is 12. The van der Waals surface area contributed by atoms with E-state index in [1.807, 2.05) is 31.4 Å². The molecule has 2 aliphatic rings. The zero-order valence-electron chi connectivity index (χ0n) is 24.3. The Labute approximate surface area is 246 Å². The second-order valence-electron chi connectivity index (χ2n) is 10.2. The third-order valence-corrected chi connectivity index (χ3v) is 7.66. The van der Waals surface area contributed by atoms with Crippen LogP contribution in [0.1, 0.15) is 41.7 Å². The summed E-state index contributed by atoms with van der Waals surface area (Å²) in [6, 6.07) is 19.3. The second kappa shape index (κ2) is 14.3. The predicted molar refractivity (Wildman–Crippen MR) is 176 cm³/mol. The van der Waals surface area contributed by atoms with Crippen LogP contribution in [0.25, 0.3) is 5.57 Å². The van der Waals surface area contributed by atoms with Crippen LogP contribution in [0.2, 0.25) is 0 Å². The number of hydrogen-bond donors (Lipinski definition) is 3. The van der Waals surface area contributed by atoms with Gasteiger partial charge in [0.05, 0.1) is 6.04 Å². The maximum absolute atomic E-state index is 4.25. The first kappa shape index (κ1) is 29.6. The lowest BCUT2D eigenvalue weighted by atomic mass is 9.87. The van der Waals surface area contributed by atoms with Gasteiger partial charge in [-0.25, -0.2) is 0 Å². The van der Waals surface area contributed by atoms with E-state index in [2.05, 4.69) is 127 Å². The summed E-state index contributed by atoms with van der Waals surface area (Å²) in [5.41, 5.74) is 9.36. The highest BCUT2D eigenvalue weighted by molar-refractivity contribution is 5.72. The molecule has 0 radical (unpaired) electrons. The van der Waals surface area contributed by atoms with E-state index in [0.717, 1.165) is 29.8 Å². The molecule has 0 bridgehead atoms. The molecule has 4 nitrogen and oxygen atoms in total. The van der Waals surface area contributed by atoms with Crippen LogP contribution >= 0.6 is 0 Å². The number of nitrogens with zero attached hydrogens (tertiary/aromatic N) is 1. The molecule has 0 saturated carbocycles. The van der Waals surface area contributed by atoms with Gasteiger partial charge in [-0.3, -0.25) is 10.6 Å². The largest absolute Gasteiger partial charge is 0.366 e. The van der Waals surface area contributed by atoms with Crippen molar-refractivity contribution in [2.75, 3.05) is 14.1 Å². The first-order valence-electron chi connectivity index (χ1n) is 14.1. The molecule has 3 unspecified atom stereocenters. The van der Waals surface area contributed by atoms with Crippen LogP contribution < -0.4 is 16.0 Å². The van der Waals surface area contributed by atoms with Crippen LogP contribution in [0, 0.1) is 0 Å². The van der Waals surface area contributed by atoms with Gasteiger partial charge in [-0.1, -0.05) is 123 Å². The number of hydrogen-bond acceptors (Lipinski definition) is 4. The van der Waals surface area contributed by atoms with Gasteiger partial charge in [-0.05, 0) is 65.5 Å². The molecule has 2 aromatic rings. The highest BCUT2D eigenvalue weighted by Crippen LogP contribution is 2.35. The molecule has 4 rings (SSSR count). The van der Waals surface area contributed by atoms with Gasteiger partial charge < -0.3 is 10.2 Å². The van der Waals surface area contributed by atoms with Crippen LogP contribution in [-0.2, 0) is 0 Å². The molecule has 1 heterocycles. The van der Waals surface area contributed by atoms with E-state index in [4.69, 9.17) is 0 Å². The molecule has 4 heteroatoms. The molecular formula is C37H42N4. The van der Waals surface area contributed by atoms with Crippen molar-refractivity contribution >= 4 is 5.57 Å². The highest BCUT2D eigenvalue weighted by atomic mass is 15.2. The molecule has 2 aromatic carbocycles. The van der Waals surface area contributed by atoms with E-state index in [9.17, 15) is 0 Å². The average Bonchev–Trinajstić information content (AvgIpc) is 3.03. The first-order valence-corrected chi connectivity index (χ1v) is 14.1. The smallest absolute Gasteiger partial charge is 0.106 e. The molecular weight excluding hydrogens is 500 g/mol. The number of allylic oxidation sites excluding steroid dienone is 9. The Morgan fingerprint density at radius 2 is 1.76 bits per heavy atom. The summed E-state index contributed by atoms with van der Waals surface area (Å²) >= 11 is 0. The lowest BCUT2D eigenvalue weighted by molar-refractivity contribution is 0.282. The normalized spacial score (nSPS) is 19.8. The van der Waals surface area contributed by atoms with E-state index in [1.165, 1.54) is 27.8 Å². The molecule has 1 aliphatic heterocycles. The van der Waals surface area contributed by atoms with Crippen molar-refractivity contribution in [2.24, 2.45) is 0 Å². The Balaban J connectivity index is 1.63. The van der Waals surface area contributed by atoms with Gasteiger partial charge in [0.25, 0.3) is 0 Å². The summed E-state index contributed by atoms with van der Waals surface area (Å²) in [5, 5.41) is 11.0. The molecule has 0 aromatic heterocycles. The van der Waals surface area contributed by atoms with Crippen molar-refractivity contribution in [3.8, 4) is 0 Å². The molecule has 0 spiro atoms. The predicted octanol–water partition coefficient (Wildman–Crippen LogP) is 7.64. The van der Waals surface area contributed by atoms with Gasteiger partial charge in [-0.2, -0.15) is 0 Å². The average molecular weight is 543 g/mol. The van der Waals surface area contributed by atoms with E-state index < -0.39 is 0 Å².